The van der Waals surface area contributed by atoms with Crippen LogP contribution in [0.5, 0.6) is 0 Å². The van der Waals surface area contributed by atoms with Crippen molar-refractivity contribution in [3.8, 4) is 0 Å². The Balaban J connectivity index is 2.71. The van der Waals surface area contributed by atoms with Crippen LogP contribution in [-0.2, 0) is 9.84 Å². The van der Waals surface area contributed by atoms with Crippen molar-refractivity contribution in [2.45, 2.75) is 10.9 Å². The van der Waals surface area contributed by atoms with Crippen LogP contribution in [0.2, 0.25) is 0 Å². The molecule has 17 heavy (non-hydrogen) atoms. The maximum atomic E-state index is 11.9. The van der Waals surface area contributed by atoms with Crippen molar-refractivity contribution < 1.29 is 13.2 Å². The fourth-order valence-electron chi connectivity index (χ4n) is 1.79. The number of sulfone groups is 1. The normalized spacial score (nSPS) is 18.9. The van der Waals surface area contributed by atoms with Crippen LogP contribution in [0, 0.1) is 5.53 Å². The van der Waals surface area contributed by atoms with Gasteiger partial charge in [-0.05, 0) is 12.1 Å². The highest BCUT2D eigenvalue weighted by atomic mass is 32.2. The number of fused-ring (bicyclic) bond motifs is 1. The summed E-state index contributed by atoms with van der Waals surface area (Å²) in [7, 11) is -3.37. The zero-order chi connectivity index (χ0) is 12.6. The largest absolute Gasteiger partial charge is 0.291 e. The van der Waals surface area contributed by atoms with Gasteiger partial charge in [0.25, 0.3) is 0 Å². The van der Waals surface area contributed by atoms with Crippen molar-refractivity contribution in [3.05, 3.63) is 35.4 Å². The first kappa shape index (κ1) is 11.7. The Hall–Kier alpha value is -1.82. The summed E-state index contributed by atoms with van der Waals surface area (Å²) in [4.78, 5) is 12.0. The maximum absolute atomic E-state index is 11.9. The number of hydrogen-bond acceptors (Lipinski definition) is 5. The molecule has 2 rings (SSSR count). The fourth-order valence-corrected chi connectivity index (χ4v) is 2.69. The van der Waals surface area contributed by atoms with Gasteiger partial charge >= 0.3 is 0 Å². The molecule has 6 heteroatoms. The van der Waals surface area contributed by atoms with E-state index in [9.17, 15) is 13.2 Å². The van der Waals surface area contributed by atoms with E-state index in [1.807, 2.05) is 0 Å². The molecule has 1 unspecified atom stereocenters. The number of rotatable bonds is 2. The number of ketones is 1. The number of nitrogens with zero attached hydrogens (tertiary/aromatic N) is 1. The van der Waals surface area contributed by atoms with E-state index < -0.39 is 15.9 Å². The average molecular weight is 250 g/mol. The lowest BCUT2D eigenvalue weighted by molar-refractivity contribution is 0.0974. The van der Waals surface area contributed by atoms with Gasteiger partial charge in [-0.2, -0.15) is 5.11 Å². The predicted molar refractivity (Wildman–Crippen MR) is 61.9 cm³/mol. The van der Waals surface area contributed by atoms with Gasteiger partial charge in [-0.3, -0.25) is 4.79 Å². The quantitative estimate of drug-likeness (QED) is 0.810. The zero-order valence-electron chi connectivity index (χ0n) is 9.04. The van der Waals surface area contributed by atoms with E-state index in [-0.39, 0.29) is 10.7 Å². The van der Waals surface area contributed by atoms with Gasteiger partial charge in [-0.25, -0.2) is 13.9 Å². The second-order valence-electron chi connectivity index (χ2n) is 3.79. The molecule has 1 atom stereocenters. The van der Waals surface area contributed by atoms with E-state index in [1.165, 1.54) is 24.3 Å². The lowest BCUT2D eigenvalue weighted by Crippen LogP contribution is -2.21. The Kier molecular flexibility index (Phi) is 2.66. The molecule has 0 spiro atoms. The zero-order valence-corrected chi connectivity index (χ0v) is 9.86. The van der Waals surface area contributed by atoms with E-state index in [1.54, 1.807) is 6.07 Å². The smallest absolute Gasteiger partial charge is 0.193 e. The van der Waals surface area contributed by atoms with Crippen LogP contribution < -0.4 is 0 Å². The molecule has 0 bridgehead atoms. The van der Waals surface area contributed by atoms with Gasteiger partial charge in [0.2, 0.25) is 0 Å². The number of nitrogens with one attached hydrogen (secondary N) is 1. The van der Waals surface area contributed by atoms with Crippen molar-refractivity contribution in [3.63, 3.8) is 0 Å². The minimum absolute atomic E-state index is 0.128. The van der Waals surface area contributed by atoms with Gasteiger partial charge in [0.15, 0.2) is 21.7 Å². The maximum Gasteiger partial charge on any atom is 0.193 e. The molecule has 88 valence electrons. The highest BCUT2D eigenvalue weighted by molar-refractivity contribution is 7.90. The number of carbonyl (C=O) groups excluding carboxylic acids is 1. The van der Waals surface area contributed by atoms with E-state index in [0.29, 0.717) is 11.1 Å². The number of benzene rings is 1. The minimum atomic E-state index is -3.37. The molecule has 0 aromatic heterocycles. The standard InChI is InChI=1S/C11H10N2O3S/c1-17(15,16)10-4-2-3-8-7(10)5-6-9(13-12)11(8)14/h2-6,9,12H,1H3. The summed E-state index contributed by atoms with van der Waals surface area (Å²) < 4.78 is 23.1. The van der Waals surface area contributed by atoms with Crippen molar-refractivity contribution in [1.82, 2.24) is 0 Å². The van der Waals surface area contributed by atoms with E-state index in [4.69, 9.17) is 5.53 Å². The first-order valence-electron chi connectivity index (χ1n) is 4.87. The molecule has 0 radical (unpaired) electrons. The number of hydrogen-bond donors (Lipinski definition) is 1. The third kappa shape index (κ3) is 1.91. The van der Waals surface area contributed by atoms with E-state index in [0.717, 1.165) is 6.26 Å². The summed E-state index contributed by atoms with van der Waals surface area (Å²) in [6.07, 6.45) is 4.07. The molecular formula is C11H10N2O3S. The molecule has 0 amide bonds. The molecule has 0 aliphatic heterocycles. The second kappa shape index (κ2) is 3.89. The summed E-state index contributed by atoms with van der Waals surface area (Å²) >= 11 is 0. The van der Waals surface area contributed by atoms with Crippen LogP contribution >= 0.6 is 0 Å². The third-order valence-corrected chi connectivity index (χ3v) is 3.74. The molecule has 1 aromatic rings. The van der Waals surface area contributed by atoms with Crippen LogP contribution in [0.25, 0.3) is 6.08 Å². The van der Waals surface area contributed by atoms with Crippen LogP contribution in [0.15, 0.2) is 34.3 Å². The summed E-state index contributed by atoms with van der Waals surface area (Å²) in [6, 6.07) is 3.70. The summed E-state index contributed by atoms with van der Waals surface area (Å²) in [6.45, 7) is 0. The lowest BCUT2D eigenvalue weighted by atomic mass is 9.93. The van der Waals surface area contributed by atoms with Gasteiger partial charge < -0.3 is 0 Å². The summed E-state index contributed by atoms with van der Waals surface area (Å²) in [5.74, 6) is -0.344. The van der Waals surface area contributed by atoms with Crippen LogP contribution in [0.3, 0.4) is 0 Å². The molecule has 1 aliphatic carbocycles. The first-order valence-corrected chi connectivity index (χ1v) is 6.76. The molecule has 5 nitrogen and oxygen atoms in total. The van der Waals surface area contributed by atoms with Crippen LogP contribution in [-0.4, -0.2) is 26.5 Å². The van der Waals surface area contributed by atoms with E-state index >= 15 is 0 Å². The Morgan fingerprint density at radius 2 is 2.06 bits per heavy atom. The fraction of sp³-hybridized carbons (Fsp3) is 0.182. The average Bonchev–Trinajstić information content (AvgIpc) is 2.28. The van der Waals surface area contributed by atoms with Gasteiger partial charge in [0.05, 0.1) is 4.90 Å². The molecular weight excluding hydrogens is 240 g/mol. The second-order valence-corrected chi connectivity index (χ2v) is 5.77. The van der Waals surface area contributed by atoms with Gasteiger partial charge in [-0.1, -0.05) is 18.2 Å². The topological polar surface area (TPSA) is 87.4 Å². The van der Waals surface area contributed by atoms with Gasteiger partial charge in [0, 0.05) is 17.4 Å². The molecule has 1 aliphatic rings. The minimum Gasteiger partial charge on any atom is -0.291 e. The highest BCUT2D eigenvalue weighted by Gasteiger charge is 2.26. The molecule has 0 saturated heterocycles. The van der Waals surface area contributed by atoms with Crippen molar-refractivity contribution >= 4 is 21.7 Å². The molecule has 0 saturated carbocycles. The Morgan fingerprint density at radius 1 is 1.35 bits per heavy atom. The van der Waals surface area contributed by atoms with Crippen LogP contribution in [0.4, 0.5) is 0 Å². The van der Waals surface area contributed by atoms with Gasteiger partial charge in [-0.15, -0.1) is 0 Å². The first-order chi connectivity index (χ1) is 7.95. The number of carbonyl (C=O) groups is 1. The monoisotopic (exact) mass is 250 g/mol. The molecule has 1 N–H and O–H groups in total. The SMILES string of the molecule is CS(=O)(=O)c1cccc2c1C=CC(N=N)C2=O. The number of Topliss-reactive ketones (excluding diaryl/α,β-unsaturated/α-hetero) is 1. The predicted octanol–water partition coefficient (Wildman–Crippen LogP) is 1.70. The van der Waals surface area contributed by atoms with Crippen molar-refractivity contribution in [1.29, 1.82) is 5.53 Å². The van der Waals surface area contributed by atoms with Crippen LogP contribution in [0.1, 0.15) is 15.9 Å². The Labute approximate surface area is 98.6 Å². The highest BCUT2D eigenvalue weighted by Crippen LogP contribution is 2.27. The summed E-state index contributed by atoms with van der Waals surface area (Å²) in [5, 5.41) is 3.18. The van der Waals surface area contributed by atoms with Crippen molar-refractivity contribution in [2.75, 3.05) is 6.26 Å². The Morgan fingerprint density at radius 3 is 2.65 bits per heavy atom. The molecule has 0 heterocycles. The van der Waals surface area contributed by atoms with Crippen molar-refractivity contribution in [2.24, 2.45) is 5.11 Å². The lowest BCUT2D eigenvalue weighted by Gasteiger charge is -2.16. The summed E-state index contributed by atoms with van der Waals surface area (Å²) in [5.41, 5.74) is 7.57. The Bertz CT molecular complexity index is 632. The molecule has 0 fully saturated rings. The third-order valence-electron chi connectivity index (χ3n) is 2.58. The van der Waals surface area contributed by atoms with Gasteiger partial charge in [0.1, 0.15) is 0 Å². The van der Waals surface area contributed by atoms with E-state index in [2.05, 4.69) is 5.11 Å². The molecule has 1 aromatic carbocycles.